The van der Waals surface area contributed by atoms with Gasteiger partial charge in [-0.25, -0.2) is 9.37 Å². The van der Waals surface area contributed by atoms with Crippen LogP contribution >= 0.6 is 0 Å². The van der Waals surface area contributed by atoms with Gasteiger partial charge in [0.1, 0.15) is 23.3 Å². The number of nitrogens with one attached hydrogen (secondary N) is 1. The second-order valence-corrected chi connectivity index (χ2v) is 10.9. The SMILES string of the molecule is COc1ccc(Oc2cc(NCC3CCOCC3)c3ncn(-c4ccc(C(=O)CC5CC5)c(C)c4)c3c2)cc1F. The third-order valence-electron chi connectivity index (χ3n) is 7.87. The Balaban J connectivity index is 1.34. The molecule has 1 saturated heterocycles. The van der Waals surface area contributed by atoms with Crippen molar-refractivity contribution in [3.63, 3.8) is 0 Å². The maximum Gasteiger partial charge on any atom is 0.168 e. The Kier molecular flexibility index (Phi) is 7.43. The molecule has 7 nitrogen and oxygen atoms in total. The predicted molar refractivity (Wildman–Crippen MR) is 153 cm³/mol. The van der Waals surface area contributed by atoms with Crippen molar-refractivity contribution >= 4 is 22.5 Å². The molecule has 0 bridgehead atoms. The van der Waals surface area contributed by atoms with Crippen molar-refractivity contribution in [2.75, 3.05) is 32.2 Å². The number of carbonyl (C=O) groups is 1. The number of aryl methyl sites for hydroxylation is 1. The van der Waals surface area contributed by atoms with Gasteiger partial charge >= 0.3 is 0 Å². The summed E-state index contributed by atoms with van der Waals surface area (Å²) in [4.78, 5) is 17.5. The molecule has 8 heteroatoms. The number of ether oxygens (including phenoxy) is 3. The third-order valence-corrected chi connectivity index (χ3v) is 7.87. The van der Waals surface area contributed by atoms with E-state index in [0.717, 1.165) is 79.0 Å². The Labute approximate surface area is 233 Å². The standard InChI is InChI=1S/C32H34FN3O4/c1-20-13-23(5-7-26(20)30(37)14-21-3-4-21)36-19-35-32-28(34-18-22-9-11-39-12-10-22)16-25(17-29(32)36)40-24-6-8-31(38-2)27(33)15-24/h5-8,13,15-17,19,21-22,34H,3-4,9-12,14,18H2,1-2H3. The molecule has 208 valence electrons. The molecule has 40 heavy (non-hydrogen) atoms. The minimum atomic E-state index is -0.490. The largest absolute Gasteiger partial charge is 0.494 e. The van der Waals surface area contributed by atoms with Crippen LogP contribution in [0.3, 0.4) is 0 Å². The summed E-state index contributed by atoms with van der Waals surface area (Å²) in [5.74, 6) is 1.87. The minimum absolute atomic E-state index is 0.161. The lowest BCUT2D eigenvalue weighted by Crippen LogP contribution is -2.22. The fourth-order valence-corrected chi connectivity index (χ4v) is 5.35. The Hall–Kier alpha value is -3.91. The first-order valence-electron chi connectivity index (χ1n) is 14.0. The van der Waals surface area contributed by atoms with Gasteiger partial charge in [-0.15, -0.1) is 0 Å². The summed E-state index contributed by atoms with van der Waals surface area (Å²) in [6, 6.07) is 14.3. The quantitative estimate of drug-likeness (QED) is 0.215. The van der Waals surface area contributed by atoms with Crippen LogP contribution in [0.5, 0.6) is 17.2 Å². The van der Waals surface area contributed by atoms with Gasteiger partial charge in [-0.05, 0) is 80.3 Å². The number of hydrogen-bond donors (Lipinski definition) is 1. The van der Waals surface area contributed by atoms with Crippen LogP contribution in [0.25, 0.3) is 16.7 Å². The molecular formula is C32H34FN3O4. The van der Waals surface area contributed by atoms with E-state index in [-0.39, 0.29) is 11.5 Å². The highest BCUT2D eigenvalue weighted by Gasteiger charge is 2.25. The van der Waals surface area contributed by atoms with Crippen molar-refractivity contribution in [1.82, 2.24) is 9.55 Å². The molecule has 0 unspecified atom stereocenters. The smallest absolute Gasteiger partial charge is 0.168 e. The lowest BCUT2D eigenvalue weighted by atomic mass is 10.00. The van der Waals surface area contributed by atoms with Crippen molar-refractivity contribution in [3.8, 4) is 22.9 Å². The van der Waals surface area contributed by atoms with Crippen LogP contribution in [0.1, 0.15) is 48.0 Å². The normalized spacial score (nSPS) is 15.8. The molecule has 1 N–H and O–H groups in total. The van der Waals surface area contributed by atoms with Crippen molar-refractivity contribution in [3.05, 3.63) is 71.8 Å². The van der Waals surface area contributed by atoms with Crippen LogP contribution in [0, 0.1) is 24.6 Å². The van der Waals surface area contributed by atoms with Crippen molar-refractivity contribution in [2.24, 2.45) is 11.8 Å². The summed E-state index contributed by atoms with van der Waals surface area (Å²) in [5, 5.41) is 3.59. The summed E-state index contributed by atoms with van der Waals surface area (Å²) >= 11 is 0. The number of aromatic nitrogens is 2. The summed E-state index contributed by atoms with van der Waals surface area (Å²) in [5.41, 5.74) is 5.14. The van der Waals surface area contributed by atoms with E-state index in [1.165, 1.54) is 13.2 Å². The van der Waals surface area contributed by atoms with Gasteiger partial charge in [-0.3, -0.25) is 9.36 Å². The minimum Gasteiger partial charge on any atom is -0.494 e. The van der Waals surface area contributed by atoms with Crippen LogP contribution in [-0.2, 0) is 4.74 Å². The topological polar surface area (TPSA) is 74.6 Å². The van der Waals surface area contributed by atoms with E-state index in [1.807, 2.05) is 41.8 Å². The van der Waals surface area contributed by atoms with Gasteiger partial charge in [0.2, 0.25) is 0 Å². The molecular weight excluding hydrogens is 509 g/mol. The van der Waals surface area contributed by atoms with Gasteiger partial charge in [-0.1, -0.05) is 0 Å². The summed E-state index contributed by atoms with van der Waals surface area (Å²) < 4.78 is 33.1. The Morgan fingerprint density at radius 3 is 2.60 bits per heavy atom. The van der Waals surface area contributed by atoms with Crippen LogP contribution < -0.4 is 14.8 Å². The van der Waals surface area contributed by atoms with E-state index in [0.29, 0.717) is 29.8 Å². The van der Waals surface area contributed by atoms with Gasteiger partial charge in [0.05, 0.1) is 18.3 Å². The van der Waals surface area contributed by atoms with Gasteiger partial charge in [0, 0.05) is 55.6 Å². The zero-order valence-electron chi connectivity index (χ0n) is 22.9. The lowest BCUT2D eigenvalue weighted by Gasteiger charge is -2.23. The fraction of sp³-hybridized carbons (Fsp3) is 0.375. The molecule has 0 radical (unpaired) electrons. The number of halogens is 1. The first-order valence-corrected chi connectivity index (χ1v) is 14.0. The summed E-state index contributed by atoms with van der Waals surface area (Å²) in [7, 11) is 1.43. The number of imidazole rings is 1. The number of benzene rings is 3. The first-order chi connectivity index (χ1) is 19.5. The molecule has 0 amide bonds. The summed E-state index contributed by atoms with van der Waals surface area (Å²) in [6.07, 6.45) is 6.75. The van der Waals surface area contributed by atoms with E-state index < -0.39 is 5.82 Å². The summed E-state index contributed by atoms with van der Waals surface area (Å²) in [6.45, 7) is 4.33. The number of Topliss-reactive ketones (excluding diaryl/α,β-unsaturated/α-hetero) is 1. The monoisotopic (exact) mass is 543 g/mol. The van der Waals surface area contributed by atoms with Gasteiger partial charge in [0.15, 0.2) is 17.3 Å². The molecule has 0 atom stereocenters. The number of hydrogen-bond acceptors (Lipinski definition) is 6. The second-order valence-electron chi connectivity index (χ2n) is 10.9. The molecule has 1 aliphatic heterocycles. The Morgan fingerprint density at radius 1 is 1.05 bits per heavy atom. The zero-order chi connectivity index (χ0) is 27.6. The van der Waals surface area contributed by atoms with Gasteiger partial charge in [0.25, 0.3) is 0 Å². The molecule has 0 spiro atoms. The molecule has 2 fully saturated rings. The average molecular weight is 544 g/mol. The van der Waals surface area contributed by atoms with Crippen LogP contribution in [0.2, 0.25) is 0 Å². The van der Waals surface area contributed by atoms with Gasteiger partial charge < -0.3 is 19.5 Å². The Bertz CT molecular complexity index is 1540. The Morgan fingerprint density at radius 2 is 1.88 bits per heavy atom. The molecule has 2 heterocycles. The van der Waals surface area contributed by atoms with Crippen LogP contribution in [0.15, 0.2) is 54.9 Å². The fourth-order valence-electron chi connectivity index (χ4n) is 5.35. The number of fused-ring (bicyclic) bond motifs is 1. The molecule has 6 rings (SSSR count). The van der Waals surface area contributed by atoms with Crippen molar-refractivity contribution in [1.29, 1.82) is 0 Å². The zero-order valence-corrected chi connectivity index (χ0v) is 22.9. The average Bonchev–Trinajstić information content (AvgIpc) is 3.67. The lowest BCUT2D eigenvalue weighted by molar-refractivity contribution is 0.0699. The second kappa shape index (κ2) is 11.3. The highest BCUT2D eigenvalue weighted by molar-refractivity contribution is 5.98. The predicted octanol–water partition coefficient (Wildman–Crippen LogP) is 7.10. The molecule has 1 saturated carbocycles. The third kappa shape index (κ3) is 5.68. The number of anilines is 1. The first kappa shape index (κ1) is 26.3. The number of rotatable bonds is 10. The van der Waals surface area contributed by atoms with E-state index in [2.05, 4.69) is 5.32 Å². The van der Waals surface area contributed by atoms with Crippen LogP contribution in [-0.4, -0.2) is 42.2 Å². The number of methoxy groups -OCH3 is 1. The van der Waals surface area contributed by atoms with Gasteiger partial charge in [-0.2, -0.15) is 0 Å². The maximum atomic E-state index is 14.4. The van der Waals surface area contributed by atoms with Crippen molar-refractivity contribution < 1.29 is 23.4 Å². The molecule has 2 aliphatic rings. The molecule has 4 aromatic rings. The molecule has 1 aliphatic carbocycles. The highest BCUT2D eigenvalue weighted by Crippen LogP contribution is 2.36. The van der Waals surface area contributed by atoms with E-state index >= 15 is 0 Å². The van der Waals surface area contributed by atoms with Crippen LogP contribution in [0.4, 0.5) is 10.1 Å². The number of carbonyl (C=O) groups excluding carboxylic acids is 1. The molecule has 3 aromatic carbocycles. The molecule has 1 aromatic heterocycles. The van der Waals surface area contributed by atoms with E-state index in [1.54, 1.807) is 18.5 Å². The highest BCUT2D eigenvalue weighted by atomic mass is 19.1. The number of ketones is 1. The van der Waals surface area contributed by atoms with Crippen molar-refractivity contribution in [2.45, 2.75) is 39.0 Å². The van der Waals surface area contributed by atoms with E-state index in [4.69, 9.17) is 19.2 Å². The van der Waals surface area contributed by atoms with E-state index in [9.17, 15) is 9.18 Å². The maximum absolute atomic E-state index is 14.4. The number of nitrogens with zero attached hydrogens (tertiary/aromatic N) is 2.